The van der Waals surface area contributed by atoms with Crippen LogP contribution in [0.15, 0.2) is 16.6 Å². The molecule has 0 saturated carbocycles. The van der Waals surface area contributed by atoms with Gasteiger partial charge in [0.25, 0.3) is 5.69 Å². The van der Waals surface area contributed by atoms with Crippen LogP contribution in [0.5, 0.6) is 0 Å². The minimum Gasteiger partial charge on any atom is -0.481 e. The quantitative estimate of drug-likeness (QED) is 0.578. The Morgan fingerprint density at radius 2 is 2.30 bits per heavy atom. The molecular weight excluding hydrogens is 339 g/mol. The lowest BCUT2D eigenvalue weighted by Crippen LogP contribution is -2.25. The van der Waals surface area contributed by atoms with Crippen LogP contribution in [-0.4, -0.2) is 35.8 Å². The average Bonchev–Trinajstić information content (AvgIpc) is 2.37. The van der Waals surface area contributed by atoms with Crippen molar-refractivity contribution in [2.75, 3.05) is 19.0 Å². The highest BCUT2D eigenvalue weighted by Gasteiger charge is 2.19. The lowest BCUT2D eigenvalue weighted by Gasteiger charge is -2.15. The number of carbonyl (C=O) groups is 1. The standard InChI is InChI=1S/C11H12BrFN2O5/c1-20-6(2-11(16)17)5-14-9-4-8(13)7(12)3-10(9)15(18)19/h3-4,6,14H,2,5H2,1H3,(H,16,17). The number of aliphatic carboxylic acids is 1. The van der Waals surface area contributed by atoms with E-state index in [-0.39, 0.29) is 28.8 Å². The highest BCUT2D eigenvalue weighted by Crippen LogP contribution is 2.30. The highest BCUT2D eigenvalue weighted by molar-refractivity contribution is 9.10. The van der Waals surface area contributed by atoms with Crippen LogP contribution in [0.2, 0.25) is 0 Å². The maximum Gasteiger partial charge on any atom is 0.306 e. The van der Waals surface area contributed by atoms with E-state index in [4.69, 9.17) is 9.84 Å². The van der Waals surface area contributed by atoms with Gasteiger partial charge in [0.15, 0.2) is 0 Å². The fourth-order valence-corrected chi connectivity index (χ4v) is 1.82. The number of methoxy groups -OCH3 is 1. The first-order valence-electron chi connectivity index (χ1n) is 5.47. The van der Waals surface area contributed by atoms with Gasteiger partial charge < -0.3 is 15.2 Å². The summed E-state index contributed by atoms with van der Waals surface area (Å²) in [6, 6.07) is 2.01. The van der Waals surface area contributed by atoms with Crippen molar-refractivity contribution in [3.05, 3.63) is 32.5 Å². The van der Waals surface area contributed by atoms with E-state index >= 15 is 0 Å². The van der Waals surface area contributed by atoms with Crippen molar-refractivity contribution in [2.45, 2.75) is 12.5 Å². The van der Waals surface area contributed by atoms with E-state index in [1.54, 1.807) is 0 Å². The molecule has 0 aliphatic carbocycles. The third-order valence-corrected chi connectivity index (χ3v) is 3.10. The number of nitrogens with one attached hydrogen (secondary N) is 1. The average molecular weight is 351 g/mol. The summed E-state index contributed by atoms with van der Waals surface area (Å²) < 4.78 is 18.3. The Morgan fingerprint density at radius 3 is 2.80 bits per heavy atom. The summed E-state index contributed by atoms with van der Waals surface area (Å²) in [5.41, 5.74) is -0.355. The largest absolute Gasteiger partial charge is 0.481 e. The number of rotatable bonds is 7. The van der Waals surface area contributed by atoms with E-state index in [2.05, 4.69) is 21.2 Å². The van der Waals surface area contributed by atoms with Gasteiger partial charge in [-0.3, -0.25) is 14.9 Å². The number of ether oxygens (including phenoxy) is 1. The number of carboxylic acids is 1. The first-order valence-corrected chi connectivity index (χ1v) is 6.26. The predicted octanol–water partition coefficient (Wildman–Crippen LogP) is 2.40. The van der Waals surface area contributed by atoms with Crippen LogP contribution in [0.25, 0.3) is 0 Å². The number of halogens is 2. The van der Waals surface area contributed by atoms with Gasteiger partial charge in [-0.15, -0.1) is 0 Å². The SMILES string of the molecule is COC(CNc1cc(F)c(Br)cc1[N+](=O)[O-])CC(=O)O. The molecule has 0 aliphatic heterocycles. The molecule has 0 spiro atoms. The minimum absolute atomic E-state index is 0.00467. The molecule has 0 fully saturated rings. The summed E-state index contributed by atoms with van der Waals surface area (Å²) in [6.45, 7) is 0.00467. The van der Waals surface area contributed by atoms with Gasteiger partial charge in [0.1, 0.15) is 11.5 Å². The van der Waals surface area contributed by atoms with E-state index in [9.17, 15) is 19.3 Å². The van der Waals surface area contributed by atoms with Crippen LogP contribution >= 0.6 is 15.9 Å². The van der Waals surface area contributed by atoms with Crippen molar-refractivity contribution >= 4 is 33.3 Å². The zero-order valence-electron chi connectivity index (χ0n) is 10.4. The number of anilines is 1. The molecule has 1 unspecified atom stereocenters. The molecule has 0 heterocycles. The summed E-state index contributed by atoms with van der Waals surface area (Å²) in [7, 11) is 1.33. The molecule has 1 atom stereocenters. The summed E-state index contributed by atoms with van der Waals surface area (Å²) in [5.74, 6) is -1.72. The molecule has 9 heteroatoms. The second-order valence-corrected chi connectivity index (χ2v) is 4.73. The Morgan fingerprint density at radius 1 is 1.65 bits per heavy atom. The van der Waals surface area contributed by atoms with Crippen LogP contribution in [0, 0.1) is 15.9 Å². The highest BCUT2D eigenvalue weighted by atomic mass is 79.9. The van der Waals surface area contributed by atoms with E-state index in [0.29, 0.717) is 0 Å². The normalized spacial score (nSPS) is 11.9. The molecule has 0 amide bonds. The molecule has 110 valence electrons. The first-order chi connectivity index (χ1) is 9.35. The number of benzene rings is 1. The number of nitrogens with zero attached hydrogens (tertiary/aromatic N) is 1. The molecule has 1 aromatic carbocycles. The van der Waals surface area contributed by atoms with Crippen LogP contribution in [-0.2, 0) is 9.53 Å². The number of hydrogen-bond acceptors (Lipinski definition) is 5. The van der Waals surface area contributed by atoms with E-state index in [1.165, 1.54) is 7.11 Å². The monoisotopic (exact) mass is 350 g/mol. The van der Waals surface area contributed by atoms with Crippen molar-refractivity contribution in [3.63, 3.8) is 0 Å². The second kappa shape index (κ2) is 7.15. The van der Waals surface area contributed by atoms with Gasteiger partial charge in [0.2, 0.25) is 0 Å². The Hall–Kier alpha value is -1.74. The second-order valence-electron chi connectivity index (χ2n) is 3.88. The molecule has 0 saturated heterocycles. The maximum atomic E-state index is 13.4. The van der Waals surface area contributed by atoms with Gasteiger partial charge in [-0.05, 0) is 15.9 Å². The third-order valence-electron chi connectivity index (χ3n) is 2.49. The van der Waals surface area contributed by atoms with Crippen LogP contribution in [0.4, 0.5) is 15.8 Å². The van der Waals surface area contributed by atoms with Crippen LogP contribution in [0.1, 0.15) is 6.42 Å². The summed E-state index contributed by atoms with van der Waals surface area (Å²) in [5, 5.41) is 22.2. The van der Waals surface area contributed by atoms with Gasteiger partial charge in [0.05, 0.1) is 21.9 Å². The molecule has 0 radical (unpaired) electrons. The van der Waals surface area contributed by atoms with Crippen molar-refractivity contribution < 1.29 is 24.0 Å². The fourth-order valence-electron chi connectivity index (χ4n) is 1.49. The molecular formula is C11H12BrFN2O5. The smallest absolute Gasteiger partial charge is 0.306 e. The molecule has 7 nitrogen and oxygen atoms in total. The van der Waals surface area contributed by atoms with Crippen LogP contribution < -0.4 is 5.32 Å². The van der Waals surface area contributed by atoms with Gasteiger partial charge in [-0.25, -0.2) is 4.39 Å². The molecule has 1 rings (SSSR count). The van der Waals surface area contributed by atoms with E-state index < -0.39 is 22.8 Å². The Kier molecular flexibility index (Phi) is 5.83. The minimum atomic E-state index is -1.06. The zero-order chi connectivity index (χ0) is 15.3. The number of carboxylic acid groups (broad SMARTS) is 1. The first kappa shape index (κ1) is 16.3. The summed E-state index contributed by atoms with van der Waals surface area (Å²) >= 11 is 2.87. The molecule has 2 N–H and O–H groups in total. The summed E-state index contributed by atoms with van der Waals surface area (Å²) in [6.07, 6.45) is -0.949. The van der Waals surface area contributed by atoms with Gasteiger partial charge in [-0.2, -0.15) is 0 Å². The van der Waals surface area contributed by atoms with Crippen molar-refractivity contribution in [1.29, 1.82) is 0 Å². The number of nitro groups is 1. The zero-order valence-corrected chi connectivity index (χ0v) is 12.0. The molecule has 0 bridgehead atoms. The van der Waals surface area contributed by atoms with Gasteiger partial charge >= 0.3 is 5.97 Å². The molecule has 0 aromatic heterocycles. The Labute approximate surface area is 122 Å². The molecule has 1 aromatic rings. The maximum absolute atomic E-state index is 13.4. The Balaban J connectivity index is 2.88. The van der Waals surface area contributed by atoms with Crippen LogP contribution in [0.3, 0.4) is 0 Å². The van der Waals surface area contributed by atoms with Gasteiger partial charge in [0, 0.05) is 25.8 Å². The van der Waals surface area contributed by atoms with Crippen molar-refractivity contribution in [2.24, 2.45) is 0 Å². The molecule has 0 aliphatic rings. The lowest BCUT2D eigenvalue weighted by molar-refractivity contribution is -0.384. The third kappa shape index (κ3) is 4.42. The van der Waals surface area contributed by atoms with Gasteiger partial charge in [-0.1, -0.05) is 0 Å². The Bertz CT molecular complexity index is 526. The van der Waals surface area contributed by atoms with Crippen molar-refractivity contribution in [3.8, 4) is 0 Å². The van der Waals surface area contributed by atoms with E-state index in [0.717, 1.165) is 12.1 Å². The molecule has 20 heavy (non-hydrogen) atoms. The number of hydrogen-bond donors (Lipinski definition) is 2. The predicted molar refractivity (Wildman–Crippen MR) is 72.3 cm³/mol. The summed E-state index contributed by atoms with van der Waals surface area (Å²) in [4.78, 5) is 20.8. The fraction of sp³-hybridized carbons (Fsp3) is 0.364. The lowest BCUT2D eigenvalue weighted by atomic mass is 10.2. The number of nitro benzene ring substituents is 1. The van der Waals surface area contributed by atoms with Crippen molar-refractivity contribution in [1.82, 2.24) is 0 Å². The van der Waals surface area contributed by atoms with E-state index in [1.807, 2.05) is 0 Å². The topological polar surface area (TPSA) is 102 Å².